The van der Waals surface area contributed by atoms with Crippen LogP contribution in [0.2, 0.25) is 0 Å². The van der Waals surface area contributed by atoms with Crippen LogP contribution in [0.4, 0.5) is 10.8 Å². The number of nitrogens with zero attached hydrogens (tertiary/aromatic N) is 3. The Hall–Kier alpha value is -2.09. The van der Waals surface area contributed by atoms with Crippen LogP contribution in [-0.4, -0.2) is 20.7 Å². The number of para-hydroxylation sites is 1. The SMILES string of the molecule is CCCSc1nc(Sc2ccc(C)cc2)c2nc(Nc3ccccc3)sc2n1. The minimum absolute atomic E-state index is 0.818. The molecule has 2 heterocycles. The van der Waals surface area contributed by atoms with Gasteiger partial charge in [0.2, 0.25) is 0 Å². The van der Waals surface area contributed by atoms with Crippen molar-refractivity contribution in [3.63, 3.8) is 0 Å². The molecule has 7 heteroatoms. The molecule has 0 spiro atoms. The summed E-state index contributed by atoms with van der Waals surface area (Å²) >= 11 is 4.91. The smallest absolute Gasteiger partial charge is 0.190 e. The summed E-state index contributed by atoms with van der Waals surface area (Å²) in [6, 6.07) is 18.6. The molecule has 4 nitrogen and oxygen atoms in total. The molecular weight excluding hydrogens is 404 g/mol. The maximum Gasteiger partial charge on any atom is 0.190 e. The molecule has 0 unspecified atom stereocenters. The fourth-order valence-corrected chi connectivity index (χ4v) is 5.13. The van der Waals surface area contributed by atoms with Gasteiger partial charge in [0.05, 0.1) is 0 Å². The lowest BCUT2D eigenvalue weighted by atomic mass is 10.2. The molecular formula is C21H20N4S3. The Morgan fingerprint density at radius 1 is 0.964 bits per heavy atom. The van der Waals surface area contributed by atoms with E-state index in [-0.39, 0.29) is 0 Å². The monoisotopic (exact) mass is 424 g/mol. The maximum atomic E-state index is 4.81. The van der Waals surface area contributed by atoms with E-state index < -0.39 is 0 Å². The van der Waals surface area contributed by atoms with Crippen molar-refractivity contribution >= 4 is 56.0 Å². The minimum Gasteiger partial charge on any atom is -0.331 e. The van der Waals surface area contributed by atoms with Crippen LogP contribution >= 0.6 is 34.9 Å². The van der Waals surface area contributed by atoms with Crippen LogP contribution in [0.5, 0.6) is 0 Å². The number of thioether (sulfide) groups is 1. The molecule has 0 aliphatic rings. The number of aromatic nitrogens is 3. The van der Waals surface area contributed by atoms with Gasteiger partial charge in [-0.15, -0.1) is 0 Å². The molecule has 0 saturated heterocycles. The number of thiazole rings is 1. The standard InChI is InChI=1S/C21H20N4S3/c1-3-13-26-20-24-18(27-16-11-9-14(2)10-12-16)17-19(25-20)28-21(23-17)22-15-7-5-4-6-8-15/h4-12H,3,13H2,1-2H3,(H,22,23). The highest BCUT2D eigenvalue weighted by Gasteiger charge is 2.15. The third-order valence-electron chi connectivity index (χ3n) is 3.90. The van der Waals surface area contributed by atoms with Gasteiger partial charge in [-0.1, -0.05) is 77.7 Å². The molecule has 0 aliphatic heterocycles. The summed E-state index contributed by atoms with van der Waals surface area (Å²) in [5.41, 5.74) is 3.12. The van der Waals surface area contributed by atoms with E-state index in [2.05, 4.69) is 43.4 Å². The van der Waals surface area contributed by atoms with Crippen LogP contribution in [0, 0.1) is 6.92 Å². The van der Waals surface area contributed by atoms with Crippen molar-refractivity contribution in [2.24, 2.45) is 0 Å². The van der Waals surface area contributed by atoms with Gasteiger partial charge in [-0.25, -0.2) is 15.0 Å². The summed E-state index contributed by atoms with van der Waals surface area (Å²) in [5, 5.41) is 5.94. The van der Waals surface area contributed by atoms with Crippen LogP contribution in [0.3, 0.4) is 0 Å². The van der Waals surface area contributed by atoms with Crippen molar-refractivity contribution in [1.82, 2.24) is 15.0 Å². The number of anilines is 2. The Morgan fingerprint density at radius 3 is 2.50 bits per heavy atom. The second-order valence-electron chi connectivity index (χ2n) is 6.24. The van der Waals surface area contributed by atoms with Gasteiger partial charge in [0.15, 0.2) is 15.1 Å². The lowest BCUT2D eigenvalue weighted by Crippen LogP contribution is -1.92. The van der Waals surface area contributed by atoms with Crippen molar-refractivity contribution < 1.29 is 0 Å². The predicted octanol–water partition coefficient (Wildman–Crippen LogP) is 6.79. The van der Waals surface area contributed by atoms with Crippen molar-refractivity contribution in [3.8, 4) is 0 Å². The topological polar surface area (TPSA) is 50.7 Å². The summed E-state index contributed by atoms with van der Waals surface area (Å²) in [7, 11) is 0. The van der Waals surface area contributed by atoms with Gasteiger partial charge in [0.25, 0.3) is 0 Å². The van der Waals surface area contributed by atoms with Crippen LogP contribution in [-0.2, 0) is 0 Å². The Bertz CT molecular complexity index is 1060. The number of aryl methyl sites for hydroxylation is 1. The highest BCUT2D eigenvalue weighted by atomic mass is 32.2. The van der Waals surface area contributed by atoms with Crippen LogP contribution in [0.15, 0.2) is 69.7 Å². The lowest BCUT2D eigenvalue weighted by Gasteiger charge is -2.05. The van der Waals surface area contributed by atoms with Gasteiger partial charge in [-0.3, -0.25) is 0 Å². The third kappa shape index (κ3) is 4.66. The van der Waals surface area contributed by atoms with Crippen molar-refractivity contribution in [2.75, 3.05) is 11.1 Å². The van der Waals surface area contributed by atoms with Gasteiger partial charge in [-0.05, 0) is 37.6 Å². The number of rotatable bonds is 7. The zero-order chi connectivity index (χ0) is 19.3. The largest absolute Gasteiger partial charge is 0.331 e. The number of benzene rings is 2. The number of fused-ring (bicyclic) bond motifs is 1. The van der Waals surface area contributed by atoms with E-state index >= 15 is 0 Å². The summed E-state index contributed by atoms with van der Waals surface area (Å²) in [6.07, 6.45) is 1.09. The highest BCUT2D eigenvalue weighted by Crippen LogP contribution is 2.37. The first-order chi connectivity index (χ1) is 13.7. The second kappa shape index (κ2) is 8.94. The molecule has 4 rings (SSSR count). The highest BCUT2D eigenvalue weighted by molar-refractivity contribution is 8.00. The van der Waals surface area contributed by atoms with E-state index in [0.717, 1.165) is 48.4 Å². The van der Waals surface area contributed by atoms with Gasteiger partial charge in [0, 0.05) is 16.3 Å². The number of nitrogens with one attached hydrogen (secondary N) is 1. The molecule has 0 saturated carbocycles. The average Bonchev–Trinajstić information content (AvgIpc) is 3.11. The van der Waals surface area contributed by atoms with Crippen LogP contribution in [0.1, 0.15) is 18.9 Å². The molecule has 0 radical (unpaired) electrons. The van der Waals surface area contributed by atoms with Gasteiger partial charge in [-0.2, -0.15) is 0 Å². The van der Waals surface area contributed by atoms with E-state index in [4.69, 9.17) is 15.0 Å². The summed E-state index contributed by atoms with van der Waals surface area (Å²) < 4.78 is 0. The van der Waals surface area contributed by atoms with E-state index in [0.29, 0.717) is 0 Å². The van der Waals surface area contributed by atoms with Crippen molar-refractivity contribution in [1.29, 1.82) is 0 Å². The first kappa shape index (κ1) is 19.2. The Balaban J connectivity index is 1.70. The average molecular weight is 425 g/mol. The Kier molecular flexibility index (Phi) is 6.14. The summed E-state index contributed by atoms with van der Waals surface area (Å²) in [4.78, 5) is 16.4. The molecule has 0 atom stereocenters. The minimum atomic E-state index is 0.818. The molecule has 28 heavy (non-hydrogen) atoms. The Morgan fingerprint density at radius 2 is 1.75 bits per heavy atom. The second-order valence-corrected chi connectivity index (χ2v) is 9.34. The molecule has 1 N–H and O–H groups in total. The van der Waals surface area contributed by atoms with Crippen molar-refractivity contribution in [3.05, 3.63) is 60.2 Å². The third-order valence-corrected chi connectivity index (χ3v) is 6.81. The van der Waals surface area contributed by atoms with Gasteiger partial charge >= 0.3 is 0 Å². The first-order valence-corrected chi connectivity index (χ1v) is 11.7. The fourth-order valence-electron chi connectivity index (χ4n) is 2.52. The fraction of sp³-hybridized carbons (Fsp3) is 0.190. The van der Waals surface area contributed by atoms with E-state index in [1.165, 1.54) is 5.56 Å². The normalized spacial score (nSPS) is 11.1. The number of hydrogen-bond donors (Lipinski definition) is 1. The molecule has 4 aromatic rings. The first-order valence-electron chi connectivity index (χ1n) is 9.09. The maximum absolute atomic E-state index is 4.81. The van der Waals surface area contributed by atoms with E-state index in [1.807, 2.05) is 30.3 Å². The van der Waals surface area contributed by atoms with E-state index in [9.17, 15) is 0 Å². The zero-order valence-electron chi connectivity index (χ0n) is 15.7. The quantitative estimate of drug-likeness (QED) is 0.200. The predicted molar refractivity (Wildman–Crippen MR) is 121 cm³/mol. The molecule has 0 amide bonds. The Labute approximate surface area is 177 Å². The van der Waals surface area contributed by atoms with Crippen LogP contribution < -0.4 is 5.32 Å². The molecule has 0 bridgehead atoms. The molecule has 0 aliphatic carbocycles. The van der Waals surface area contributed by atoms with Gasteiger partial charge < -0.3 is 5.32 Å². The molecule has 0 fully saturated rings. The summed E-state index contributed by atoms with van der Waals surface area (Å²) in [6.45, 7) is 4.26. The molecule has 2 aromatic carbocycles. The molecule has 142 valence electrons. The van der Waals surface area contributed by atoms with Gasteiger partial charge in [0.1, 0.15) is 10.5 Å². The van der Waals surface area contributed by atoms with Crippen molar-refractivity contribution in [2.45, 2.75) is 35.3 Å². The molecule has 2 aromatic heterocycles. The van der Waals surface area contributed by atoms with Crippen LogP contribution in [0.25, 0.3) is 10.3 Å². The summed E-state index contributed by atoms with van der Waals surface area (Å²) in [5.74, 6) is 1.01. The zero-order valence-corrected chi connectivity index (χ0v) is 18.1. The van der Waals surface area contributed by atoms with E-state index in [1.54, 1.807) is 34.9 Å². The lowest BCUT2D eigenvalue weighted by molar-refractivity contribution is 0.926. The number of hydrogen-bond acceptors (Lipinski definition) is 7.